The van der Waals surface area contributed by atoms with Crippen LogP contribution in [0.1, 0.15) is 37.9 Å². The quantitative estimate of drug-likeness (QED) is 0.857. The molecule has 17 heavy (non-hydrogen) atoms. The number of aliphatic hydroxyl groups excluding tert-OH is 1. The van der Waals surface area contributed by atoms with Gasteiger partial charge in [-0.3, -0.25) is 0 Å². The van der Waals surface area contributed by atoms with Gasteiger partial charge in [-0.2, -0.15) is 5.10 Å². The molecule has 0 aliphatic heterocycles. The van der Waals surface area contributed by atoms with Gasteiger partial charge in [-0.05, 0) is 18.6 Å². The van der Waals surface area contributed by atoms with Gasteiger partial charge in [-0.15, -0.1) is 0 Å². The van der Waals surface area contributed by atoms with Crippen LogP contribution in [0.15, 0.2) is 42.7 Å². The highest BCUT2D eigenvalue weighted by atomic mass is 16.3. The Hall–Kier alpha value is -1.61. The number of nitrogens with zero attached hydrogens (tertiary/aromatic N) is 2. The van der Waals surface area contributed by atoms with Crippen molar-refractivity contribution in [2.24, 2.45) is 0 Å². The highest BCUT2D eigenvalue weighted by molar-refractivity contribution is 5.31. The summed E-state index contributed by atoms with van der Waals surface area (Å²) in [5.74, 6) is 0. The van der Waals surface area contributed by atoms with Crippen LogP contribution >= 0.6 is 0 Å². The van der Waals surface area contributed by atoms with E-state index in [9.17, 15) is 5.11 Å². The van der Waals surface area contributed by atoms with E-state index in [1.165, 1.54) is 0 Å². The number of aliphatic hydroxyl groups is 1. The lowest BCUT2D eigenvalue weighted by Crippen LogP contribution is -1.96. The van der Waals surface area contributed by atoms with Gasteiger partial charge in [0.25, 0.3) is 0 Å². The zero-order valence-corrected chi connectivity index (χ0v) is 10.1. The molecule has 3 heteroatoms. The van der Waals surface area contributed by atoms with Gasteiger partial charge < -0.3 is 5.11 Å². The summed E-state index contributed by atoms with van der Waals surface area (Å²) in [6.45, 7) is 2.13. The molecule has 1 N–H and O–H groups in total. The molecule has 0 aliphatic rings. The van der Waals surface area contributed by atoms with E-state index in [0.717, 1.165) is 30.5 Å². The Morgan fingerprint density at radius 3 is 2.76 bits per heavy atom. The Kier molecular flexibility index (Phi) is 3.94. The van der Waals surface area contributed by atoms with Crippen LogP contribution in [0.3, 0.4) is 0 Å². The van der Waals surface area contributed by atoms with Crippen molar-refractivity contribution in [1.82, 2.24) is 9.78 Å². The summed E-state index contributed by atoms with van der Waals surface area (Å²) in [5.41, 5.74) is 1.91. The van der Waals surface area contributed by atoms with Gasteiger partial charge in [-0.1, -0.05) is 38.0 Å². The van der Waals surface area contributed by atoms with E-state index in [-0.39, 0.29) is 0 Å². The van der Waals surface area contributed by atoms with Crippen LogP contribution in [0.2, 0.25) is 0 Å². The highest BCUT2D eigenvalue weighted by Gasteiger charge is 2.09. The smallest absolute Gasteiger partial charge is 0.0820 e. The molecule has 1 atom stereocenters. The molecule has 1 aromatic carbocycles. The normalized spacial score (nSPS) is 12.6. The number of hydrogen-bond donors (Lipinski definition) is 1. The molecule has 2 aromatic rings. The number of rotatable bonds is 5. The van der Waals surface area contributed by atoms with Crippen molar-refractivity contribution in [2.75, 3.05) is 0 Å². The molecule has 0 saturated carbocycles. The number of para-hydroxylation sites is 1. The minimum atomic E-state index is -0.396. The molecular weight excluding hydrogens is 212 g/mol. The largest absolute Gasteiger partial charge is 0.388 e. The van der Waals surface area contributed by atoms with E-state index < -0.39 is 6.10 Å². The minimum absolute atomic E-state index is 0.396. The van der Waals surface area contributed by atoms with E-state index in [0.29, 0.717) is 0 Å². The van der Waals surface area contributed by atoms with Crippen LogP contribution in [-0.2, 0) is 0 Å². The summed E-state index contributed by atoms with van der Waals surface area (Å²) >= 11 is 0. The molecule has 0 spiro atoms. The van der Waals surface area contributed by atoms with Crippen LogP contribution in [0.25, 0.3) is 5.69 Å². The van der Waals surface area contributed by atoms with Crippen molar-refractivity contribution in [3.8, 4) is 5.69 Å². The Morgan fingerprint density at radius 1 is 1.29 bits per heavy atom. The summed E-state index contributed by atoms with van der Waals surface area (Å²) in [7, 11) is 0. The molecule has 0 amide bonds. The van der Waals surface area contributed by atoms with Crippen molar-refractivity contribution < 1.29 is 5.11 Å². The molecule has 0 fully saturated rings. The highest BCUT2D eigenvalue weighted by Crippen LogP contribution is 2.19. The lowest BCUT2D eigenvalue weighted by molar-refractivity contribution is 0.164. The van der Waals surface area contributed by atoms with Crippen molar-refractivity contribution in [3.63, 3.8) is 0 Å². The fourth-order valence-corrected chi connectivity index (χ4v) is 1.79. The molecule has 0 saturated heterocycles. The van der Waals surface area contributed by atoms with Crippen LogP contribution in [0, 0.1) is 0 Å². The molecule has 3 nitrogen and oxygen atoms in total. The van der Waals surface area contributed by atoms with Gasteiger partial charge in [0.05, 0.1) is 18.0 Å². The number of hydrogen-bond acceptors (Lipinski definition) is 2. The predicted octanol–water partition coefficient (Wildman–Crippen LogP) is 3.10. The summed E-state index contributed by atoms with van der Waals surface area (Å²) in [6.07, 6.45) is 6.19. The van der Waals surface area contributed by atoms with Gasteiger partial charge in [0, 0.05) is 11.8 Å². The van der Waals surface area contributed by atoms with Crippen molar-refractivity contribution in [3.05, 3.63) is 48.3 Å². The van der Waals surface area contributed by atoms with Crippen LogP contribution in [0.5, 0.6) is 0 Å². The first-order valence-electron chi connectivity index (χ1n) is 6.09. The first kappa shape index (κ1) is 11.9. The zero-order valence-electron chi connectivity index (χ0n) is 10.1. The van der Waals surface area contributed by atoms with E-state index in [1.54, 1.807) is 10.9 Å². The molecule has 1 aromatic heterocycles. The van der Waals surface area contributed by atoms with E-state index in [2.05, 4.69) is 12.0 Å². The van der Waals surface area contributed by atoms with E-state index in [1.807, 2.05) is 36.5 Å². The zero-order chi connectivity index (χ0) is 12.1. The third-order valence-corrected chi connectivity index (χ3v) is 2.84. The Bertz CT molecular complexity index is 450. The Labute approximate surface area is 102 Å². The summed E-state index contributed by atoms with van der Waals surface area (Å²) in [5, 5.41) is 14.2. The fourth-order valence-electron chi connectivity index (χ4n) is 1.79. The first-order valence-corrected chi connectivity index (χ1v) is 6.09. The molecule has 90 valence electrons. The second-order valence-electron chi connectivity index (χ2n) is 4.21. The van der Waals surface area contributed by atoms with Gasteiger partial charge in [-0.25, -0.2) is 4.68 Å². The Balaban J connectivity index is 2.11. The first-order chi connectivity index (χ1) is 8.31. The monoisotopic (exact) mass is 230 g/mol. The van der Waals surface area contributed by atoms with Crippen molar-refractivity contribution in [2.45, 2.75) is 32.3 Å². The summed E-state index contributed by atoms with van der Waals surface area (Å²) in [6, 6.07) is 9.92. The Morgan fingerprint density at radius 2 is 2.06 bits per heavy atom. The van der Waals surface area contributed by atoms with Crippen LogP contribution in [-0.4, -0.2) is 14.9 Å². The SMILES string of the molecule is CCCCC(O)c1cnn(-c2ccccc2)c1. The van der Waals surface area contributed by atoms with Crippen molar-refractivity contribution >= 4 is 0 Å². The second-order valence-corrected chi connectivity index (χ2v) is 4.21. The predicted molar refractivity (Wildman–Crippen MR) is 68.0 cm³/mol. The number of benzene rings is 1. The summed E-state index contributed by atoms with van der Waals surface area (Å²) < 4.78 is 1.80. The van der Waals surface area contributed by atoms with E-state index >= 15 is 0 Å². The topological polar surface area (TPSA) is 38.1 Å². The molecule has 2 rings (SSSR count). The molecule has 0 bridgehead atoms. The van der Waals surface area contributed by atoms with Crippen LogP contribution < -0.4 is 0 Å². The van der Waals surface area contributed by atoms with Crippen molar-refractivity contribution in [1.29, 1.82) is 0 Å². The van der Waals surface area contributed by atoms with E-state index in [4.69, 9.17) is 0 Å². The van der Waals surface area contributed by atoms with Gasteiger partial charge in [0.2, 0.25) is 0 Å². The van der Waals surface area contributed by atoms with Crippen LogP contribution in [0.4, 0.5) is 0 Å². The molecule has 1 unspecified atom stereocenters. The van der Waals surface area contributed by atoms with Gasteiger partial charge in [0.15, 0.2) is 0 Å². The van der Waals surface area contributed by atoms with Gasteiger partial charge >= 0.3 is 0 Å². The molecule has 0 radical (unpaired) electrons. The lowest BCUT2D eigenvalue weighted by Gasteiger charge is -2.06. The second kappa shape index (κ2) is 5.64. The maximum absolute atomic E-state index is 9.96. The number of unbranched alkanes of at least 4 members (excludes halogenated alkanes) is 1. The average molecular weight is 230 g/mol. The van der Waals surface area contributed by atoms with Gasteiger partial charge in [0.1, 0.15) is 0 Å². The molecule has 0 aliphatic carbocycles. The third kappa shape index (κ3) is 2.94. The maximum atomic E-state index is 9.96. The average Bonchev–Trinajstić information content (AvgIpc) is 2.86. The summed E-state index contributed by atoms with van der Waals surface area (Å²) in [4.78, 5) is 0. The third-order valence-electron chi connectivity index (χ3n) is 2.84. The standard InChI is InChI=1S/C14H18N2O/c1-2-3-9-14(17)12-10-15-16(11-12)13-7-5-4-6-8-13/h4-8,10-11,14,17H,2-3,9H2,1H3. The molecular formula is C14H18N2O. The maximum Gasteiger partial charge on any atom is 0.0820 e. The minimum Gasteiger partial charge on any atom is -0.388 e. The fraction of sp³-hybridized carbons (Fsp3) is 0.357. The number of aromatic nitrogens is 2. The molecule has 1 heterocycles. The lowest BCUT2D eigenvalue weighted by atomic mass is 10.1.